The Morgan fingerprint density at radius 3 is 2.62 bits per heavy atom. The Morgan fingerprint density at radius 1 is 1.03 bits per heavy atom. The van der Waals surface area contributed by atoms with Gasteiger partial charge in [-0.05, 0) is 93.0 Å². The second-order valence-corrected chi connectivity index (χ2v) is 10.7. The monoisotopic (exact) mass is 582 g/mol. The van der Waals surface area contributed by atoms with E-state index in [1.54, 1.807) is 19.2 Å². The third-order valence-electron chi connectivity index (χ3n) is 7.44. The molecule has 6 heteroatoms. The molecule has 0 saturated carbocycles. The first-order chi connectivity index (χ1) is 19.1. The van der Waals surface area contributed by atoms with Gasteiger partial charge in [-0.2, -0.15) is 0 Å². The van der Waals surface area contributed by atoms with Crippen LogP contribution in [0.2, 0.25) is 0 Å². The Labute approximate surface area is 236 Å². The largest absolute Gasteiger partial charge is 0.493 e. The maximum atomic E-state index is 13.2. The van der Waals surface area contributed by atoms with Crippen molar-refractivity contribution in [2.45, 2.75) is 25.0 Å². The molecule has 1 aliphatic heterocycles. The van der Waals surface area contributed by atoms with Gasteiger partial charge in [0.05, 0.1) is 23.3 Å². The molecule has 0 saturated heterocycles. The van der Waals surface area contributed by atoms with Gasteiger partial charge in [-0.25, -0.2) is 4.39 Å². The molecule has 0 fully saturated rings. The fourth-order valence-electron chi connectivity index (χ4n) is 5.48. The van der Waals surface area contributed by atoms with Crippen LogP contribution in [0.1, 0.15) is 40.6 Å². The second kappa shape index (κ2) is 11.1. The van der Waals surface area contributed by atoms with Crippen molar-refractivity contribution in [3.63, 3.8) is 0 Å². The van der Waals surface area contributed by atoms with Crippen LogP contribution in [0.25, 0.3) is 0 Å². The highest BCUT2D eigenvalue weighted by atomic mass is 79.9. The quantitative estimate of drug-likeness (QED) is 0.175. The first-order valence-corrected chi connectivity index (χ1v) is 13.8. The standard InChI is InChI=1S/C33H28BrFN2O2/c1-38-31-18-22(17-29(34)33(31)39-20-21-9-13-24(35)14-10-21)19-36-25-15-11-23(12-16-25)32-28-7-4-6-26(28)27-5-2-3-8-30(27)37-32/h2-6,8-19,26,28,32,37H,7,20H2,1H3/t26-,28+,32+/m1/s1. The molecule has 0 amide bonds. The normalized spacial score (nSPS) is 19.4. The molecule has 2 aliphatic rings. The number of nitrogens with one attached hydrogen (secondary N) is 1. The van der Waals surface area contributed by atoms with Gasteiger partial charge in [-0.1, -0.05) is 54.6 Å². The molecule has 196 valence electrons. The molecule has 0 bridgehead atoms. The number of nitrogens with zero attached hydrogens (tertiary/aromatic N) is 1. The highest BCUT2D eigenvalue weighted by molar-refractivity contribution is 9.10. The molecule has 1 heterocycles. The van der Waals surface area contributed by atoms with Gasteiger partial charge >= 0.3 is 0 Å². The van der Waals surface area contributed by atoms with Crippen LogP contribution in [-0.2, 0) is 6.61 Å². The summed E-state index contributed by atoms with van der Waals surface area (Å²) < 4.78 is 25.5. The number of aliphatic imine (C=N–C) groups is 1. The number of halogens is 2. The molecule has 6 rings (SSSR count). The smallest absolute Gasteiger partial charge is 0.175 e. The van der Waals surface area contributed by atoms with Crippen molar-refractivity contribution in [3.05, 3.63) is 130 Å². The number of para-hydroxylation sites is 1. The van der Waals surface area contributed by atoms with Crippen LogP contribution in [0.15, 0.2) is 107 Å². The summed E-state index contributed by atoms with van der Waals surface area (Å²) in [5.41, 5.74) is 6.51. The maximum Gasteiger partial charge on any atom is 0.175 e. The predicted molar refractivity (Wildman–Crippen MR) is 158 cm³/mol. The van der Waals surface area contributed by atoms with Crippen LogP contribution in [-0.4, -0.2) is 13.3 Å². The van der Waals surface area contributed by atoms with E-state index in [-0.39, 0.29) is 11.9 Å². The van der Waals surface area contributed by atoms with Crippen LogP contribution < -0.4 is 14.8 Å². The lowest BCUT2D eigenvalue weighted by Gasteiger charge is -2.37. The predicted octanol–water partition coefficient (Wildman–Crippen LogP) is 8.75. The average Bonchev–Trinajstić information content (AvgIpc) is 3.46. The van der Waals surface area contributed by atoms with E-state index in [2.05, 4.69) is 81.9 Å². The van der Waals surface area contributed by atoms with Crippen LogP contribution in [0.3, 0.4) is 0 Å². The third-order valence-corrected chi connectivity index (χ3v) is 8.02. The van der Waals surface area contributed by atoms with Crippen molar-refractivity contribution >= 4 is 33.5 Å². The van der Waals surface area contributed by atoms with E-state index >= 15 is 0 Å². The topological polar surface area (TPSA) is 42.8 Å². The molecular weight excluding hydrogens is 555 g/mol. The lowest BCUT2D eigenvalue weighted by molar-refractivity contribution is 0.282. The van der Waals surface area contributed by atoms with Gasteiger partial charge in [0.1, 0.15) is 12.4 Å². The van der Waals surface area contributed by atoms with E-state index in [9.17, 15) is 4.39 Å². The van der Waals surface area contributed by atoms with E-state index in [1.165, 1.54) is 28.9 Å². The van der Waals surface area contributed by atoms with E-state index in [0.29, 0.717) is 29.9 Å². The van der Waals surface area contributed by atoms with Gasteiger partial charge in [0.15, 0.2) is 11.5 Å². The fourth-order valence-corrected chi connectivity index (χ4v) is 6.06. The minimum absolute atomic E-state index is 0.264. The first kappa shape index (κ1) is 25.4. The van der Waals surface area contributed by atoms with Crippen molar-refractivity contribution in [3.8, 4) is 11.5 Å². The van der Waals surface area contributed by atoms with Gasteiger partial charge in [-0.3, -0.25) is 4.99 Å². The van der Waals surface area contributed by atoms with E-state index < -0.39 is 0 Å². The molecule has 4 aromatic rings. The second-order valence-electron chi connectivity index (χ2n) is 9.86. The number of allylic oxidation sites excluding steroid dienone is 2. The van der Waals surface area contributed by atoms with Crippen LogP contribution in [0.5, 0.6) is 11.5 Å². The number of hydrogen-bond donors (Lipinski definition) is 1. The number of fused-ring (bicyclic) bond motifs is 3. The van der Waals surface area contributed by atoms with Crippen molar-refractivity contribution in [2.24, 2.45) is 10.9 Å². The Bertz CT molecular complexity index is 1530. The van der Waals surface area contributed by atoms with Crippen molar-refractivity contribution in [2.75, 3.05) is 12.4 Å². The number of methoxy groups -OCH3 is 1. The Kier molecular flexibility index (Phi) is 7.20. The molecule has 1 N–H and O–H groups in total. The number of anilines is 1. The number of ether oxygens (including phenoxy) is 2. The Balaban J connectivity index is 1.16. The lowest BCUT2D eigenvalue weighted by atomic mass is 9.77. The number of benzene rings is 4. The molecular formula is C33H28BrFN2O2. The Morgan fingerprint density at radius 2 is 1.82 bits per heavy atom. The summed E-state index contributed by atoms with van der Waals surface area (Å²) in [5.74, 6) is 1.88. The average molecular weight is 584 g/mol. The highest BCUT2D eigenvalue weighted by Crippen LogP contribution is 2.49. The van der Waals surface area contributed by atoms with Gasteiger partial charge < -0.3 is 14.8 Å². The highest BCUT2D eigenvalue weighted by Gasteiger charge is 2.37. The fraction of sp³-hybridized carbons (Fsp3) is 0.182. The SMILES string of the molecule is COc1cc(C=Nc2ccc([C@@H]3Nc4ccccc4[C@H]4C=CC[C@@H]43)cc2)cc(Br)c1OCc1ccc(F)cc1. The molecule has 0 unspecified atom stereocenters. The molecule has 0 spiro atoms. The summed E-state index contributed by atoms with van der Waals surface area (Å²) in [6.45, 7) is 0.300. The van der Waals surface area contributed by atoms with Crippen LogP contribution >= 0.6 is 15.9 Å². The molecule has 1 aliphatic carbocycles. The maximum absolute atomic E-state index is 13.2. The zero-order chi connectivity index (χ0) is 26.8. The van der Waals surface area contributed by atoms with Gasteiger partial charge in [0.2, 0.25) is 0 Å². The number of hydrogen-bond acceptors (Lipinski definition) is 4. The van der Waals surface area contributed by atoms with E-state index in [1.807, 2.05) is 18.3 Å². The molecule has 4 aromatic carbocycles. The minimum Gasteiger partial charge on any atom is -0.493 e. The van der Waals surface area contributed by atoms with Gasteiger partial charge in [0.25, 0.3) is 0 Å². The summed E-state index contributed by atoms with van der Waals surface area (Å²) in [5, 5.41) is 3.78. The summed E-state index contributed by atoms with van der Waals surface area (Å²) in [6, 6.07) is 27.5. The minimum atomic E-state index is -0.271. The summed E-state index contributed by atoms with van der Waals surface area (Å²) >= 11 is 3.60. The zero-order valence-corrected chi connectivity index (χ0v) is 23.1. The van der Waals surface area contributed by atoms with Gasteiger partial charge in [-0.15, -0.1) is 0 Å². The molecule has 3 atom stereocenters. The van der Waals surface area contributed by atoms with Crippen molar-refractivity contribution in [1.82, 2.24) is 0 Å². The molecule has 4 nitrogen and oxygen atoms in total. The lowest BCUT2D eigenvalue weighted by Crippen LogP contribution is -2.28. The third kappa shape index (κ3) is 5.34. The van der Waals surface area contributed by atoms with Crippen LogP contribution in [0.4, 0.5) is 15.8 Å². The van der Waals surface area contributed by atoms with Crippen molar-refractivity contribution in [1.29, 1.82) is 0 Å². The molecule has 0 aromatic heterocycles. The molecule has 39 heavy (non-hydrogen) atoms. The zero-order valence-electron chi connectivity index (χ0n) is 21.5. The summed E-state index contributed by atoms with van der Waals surface area (Å²) in [6.07, 6.45) is 7.58. The summed E-state index contributed by atoms with van der Waals surface area (Å²) in [7, 11) is 1.61. The van der Waals surface area contributed by atoms with Crippen molar-refractivity contribution < 1.29 is 13.9 Å². The van der Waals surface area contributed by atoms with E-state index in [4.69, 9.17) is 14.5 Å². The van der Waals surface area contributed by atoms with E-state index in [0.717, 1.165) is 27.7 Å². The number of rotatable bonds is 7. The Hall–Kier alpha value is -3.90. The first-order valence-electron chi connectivity index (χ1n) is 13.0. The van der Waals surface area contributed by atoms with Gasteiger partial charge in [0, 0.05) is 17.8 Å². The molecule has 0 radical (unpaired) electrons. The summed E-state index contributed by atoms with van der Waals surface area (Å²) in [4.78, 5) is 4.70. The van der Waals surface area contributed by atoms with Crippen LogP contribution in [0, 0.1) is 11.7 Å².